The van der Waals surface area contributed by atoms with Crippen LogP contribution in [0.2, 0.25) is 0 Å². The van der Waals surface area contributed by atoms with Gasteiger partial charge in [-0.1, -0.05) is 0 Å². The number of aromatic amines is 1. The van der Waals surface area contributed by atoms with Gasteiger partial charge in [0.25, 0.3) is 5.56 Å². The zero-order chi connectivity index (χ0) is 13.4. The lowest BCUT2D eigenvalue weighted by molar-refractivity contribution is -0.145. The highest BCUT2D eigenvalue weighted by Gasteiger charge is 2.39. The molecule has 2 rings (SSSR count). The monoisotopic (exact) mass is 255 g/mol. The Hall–Kier alpha value is -2.78. The molecule has 0 aromatic carbocycles. The molecule has 0 amide bonds. The SMILES string of the molecule is Nc1nc2c(c(=O)[nH]1)NC(C(=O)O)C(C(=O)O)N2. The van der Waals surface area contributed by atoms with Crippen molar-refractivity contribution in [2.75, 3.05) is 16.4 Å². The predicted octanol–water partition coefficient (Wildman–Crippen LogP) is -1.90. The molecule has 2 unspecified atom stereocenters. The fourth-order valence-corrected chi connectivity index (χ4v) is 1.61. The molecule has 0 aliphatic carbocycles. The quantitative estimate of drug-likeness (QED) is 0.353. The summed E-state index contributed by atoms with van der Waals surface area (Å²) in [7, 11) is 0. The van der Waals surface area contributed by atoms with Gasteiger partial charge in [0.05, 0.1) is 0 Å². The number of rotatable bonds is 2. The number of nitrogen functional groups attached to an aromatic ring is 1. The van der Waals surface area contributed by atoms with E-state index in [1.54, 1.807) is 0 Å². The number of aromatic nitrogens is 2. The van der Waals surface area contributed by atoms with E-state index in [1.807, 2.05) is 0 Å². The van der Waals surface area contributed by atoms with E-state index < -0.39 is 29.6 Å². The molecule has 1 aromatic rings. The molecular formula is C8H9N5O5. The Kier molecular flexibility index (Phi) is 2.54. The van der Waals surface area contributed by atoms with Gasteiger partial charge in [0.1, 0.15) is 5.69 Å². The third-order valence-electron chi connectivity index (χ3n) is 2.40. The van der Waals surface area contributed by atoms with Crippen molar-refractivity contribution in [1.82, 2.24) is 9.97 Å². The summed E-state index contributed by atoms with van der Waals surface area (Å²) >= 11 is 0. The molecule has 10 heteroatoms. The summed E-state index contributed by atoms with van der Waals surface area (Å²) in [5.41, 5.74) is 4.46. The molecule has 0 fully saturated rings. The van der Waals surface area contributed by atoms with Gasteiger partial charge in [-0.3, -0.25) is 9.78 Å². The van der Waals surface area contributed by atoms with Crippen molar-refractivity contribution < 1.29 is 19.8 Å². The summed E-state index contributed by atoms with van der Waals surface area (Å²) < 4.78 is 0. The maximum atomic E-state index is 11.5. The van der Waals surface area contributed by atoms with E-state index in [1.165, 1.54) is 0 Å². The van der Waals surface area contributed by atoms with Crippen LogP contribution in [0.15, 0.2) is 4.79 Å². The minimum atomic E-state index is -1.48. The number of nitrogens with zero attached hydrogens (tertiary/aromatic N) is 1. The Morgan fingerprint density at radius 1 is 1.17 bits per heavy atom. The number of hydrogen-bond acceptors (Lipinski definition) is 7. The maximum Gasteiger partial charge on any atom is 0.328 e. The topological polar surface area (TPSA) is 170 Å². The second-order valence-electron chi connectivity index (χ2n) is 3.60. The lowest BCUT2D eigenvalue weighted by Gasteiger charge is -2.29. The molecule has 0 bridgehead atoms. The highest BCUT2D eigenvalue weighted by Crippen LogP contribution is 2.23. The number of nitrogens with two attached hydrogens (primary N) is 1. The molecule has 0 saturated heterocycles. The predicted molar refractivity (Wildman–Crippen MR) is 59.4 cm³/mol. The smallest absolute Gasteiger partial charge is 0.328 e. The summed E-state index contributed by atoms with van der Waals surface area (Å²) in [6.07, 6.45) is 0. The van der Waals surface area contributed by atoms with Crippen molar-refractivity contribution >= 4 is 29.4 Å². The minimum absolute atomic E-state index is 0.0962. The van der Waals surface area contributed by atoms with Crippen molar-refractivity contribution in [3.8, 4) is 0 Å². The first-order valence-electron chi connectivity index (χ1n) is 4.78. The second kappa shape index (κ2) is 3.91. The van der Waals surface area contributed by atoms with Crippen molar-refractivity contribution in [3.63, 3.8) is 0 Å². The Balaban J connectivity index is 2.51. The Morgan fingerprint density at radius 3 is 2.28 bits per heavy atom. The van der Waals surface area contributed by atoms with Gasteiger partial charge < -0.3 is 26.6 Å². The van der Waals surface area contributed by atoms with Crippen molar-refractivity contribution in [1.29, 1.82) is 0 Å². The van der Waals surface area contributed by atoms with E-state index in [0.717, 1.165) is 0 Å². The highest BCUT2D eigenvalue weighted by molar-refractivity contribution is 5.93. The average molecular weight is 255 g/mol. The fourth-order valence-electron chi connectivity index (χ4n) is 1.61. The van der Waals surface area contributed by atoms with E-state index in [4.69, 9.17) is 15.9 Å². The third kappa shape index (κ3) is 1.79. The number of H-pyrrole nitrogens is 1. The van der Waals surface area contributed by atoms with Crippen LogP contribution in [0.4, 0.5) is 17.5 Å². The van der Waals surface area contributed by atoms with Gasteiger partial charge in [0.2, 0.25) is 5.95 Å². The number of aliphatic carboxylic acids is 2. The van der Waals surface area contributed by atoms with Crippen LogP contribution in [-0.2, 0) is 9.59 Å². The van der Waals surface area contributed by atoms with Gasteiger partial charge in [-0.2, -0.15) is 4.98 Å². The molecule has 10 nitrogen and oxygen atoms in total. The normalized spacial score (nSPS) is 21.3. The molecule has 0 radical (unpaired) electrons. The highest BCUT2D eigenvalue weighted by atomic mass is 16.4. The first-order valence-corrected chi connectivity index (χ1v) is 4.78. The average Bonchev–Trinajstić information content (AvgIpc) is 2.26. The fraction of sp³-hybridized carbons (Fsp3) is 0.250. The largest absolute Gasteiger partial charge is 0.480 e. The van der Waals surface area contributed by atoms with Crippen LogP contribution < -0.4 is 21.9 Å². The van der Waals surface area contributed by atoms with Crippen molar-refractivity contribution in [2.45, 2.75) is 12.1 Å². The Morgan fingerprint density at radius 2 is 1.72 bits per heavy atom. The van der Waals surface area contributed by atoms with Crippen LogP contribution in [0.3, 0.4) is 0 Å². The first-order chi connectivity index (χ1) is 8.40. The standard InChI is InChI=1S/C8H9N5O5/c9-8-12-4-3(5(14)13-8)10-1(6(15)16)2(11-4)7(17)18/h1-2,10H,(H,15,16)(H,17,18)(H4,9,11,12,13,14). The van der Waals surface area contributed by atoms with Crippen LogP contribution in [0.1, 0.15) is 0 Å². The van der Waals surface area contributed by atoms with E-state index in [0.29, 0.717) is 0 Å². The number of carboxylic acid groups (broad SMARTS) is 2. The van der Waals surface area contributed by atoms with E-state index in [2.05, 4.69) is 20.6 Å². The third-order valence-corrected chi connectivity index (χ3v) is 2.40. The maximum absolute atomic E-state index is 11.5. The van der Waals surface area contributed by atoms with Crippen LogP contribution in [-0.4, -0.2) is 44.2 Å². The van der Waals surface area contributed by atoms with Gasteiger partial charge in [-0.15, -0.1) is 0 Å². The molecule has 0 saturated carbocycles. The van der Waals surface area contributed by atoms with Gasteiger partial charge >= 0.3 is 11.9 Å². The first kappa shape index (κ1) is 11.7. The number of fused-ring (bicyclic) bond motifs is 1. The number of nitrogens with one attached hydrogen (secondary N) is 3. The van der Waals surface area contributed by atoms with E-state index in [-0.39, 0.29) is 17.5 Å². The number of anilines is 3. The van der Waals surface area contributed by atoms with Crippen LogP contribution in [0, 0.1) is 0 Å². The Labute approximate surface area is 98.8 Å². The van der Waals surface area contributed by atoms with Gasteiger partial charge in [0.15, 0.2) is 17.9 Å². The summed E-state index contributed by atoms with van der Waals surface area (Å²) in [4.78, 5) is 39.2. The molecule has 2 heterocycles. The summed E-state index contributed by atoms with van der Waals surface area (Å²) in [6, 6.07) is -2.94. The number of carboxylic acids is 2. The minimum Gasteiger partial charge on any atom is -0.480 e. The van der Waals surface area contributed by atoms with Crippen LogP contribution in [0.25, 0.3) is 0 Å². The molecule has 2 atom stereocenters. The summed E-state index contributed by atoms with van der Waals surface area (Å²) in [5.74, 6) is -3.09. The van der Waals surface area contributed by atoms with E-state index >= 15 is 0 Å². The molecule has 0 spiro atoms. The molecule has 96 valence electrons. The molecule has 1 aliphatic heterocycles. The molecular weight excluding hydrogens is 246 g/mol. The van der Waals surface area contributed by atoms with Gasteiger partial charge in [-0.05, 0) is 0 Å². The molecule has 7 N–H and O–H groups in total. The second-order valence-corrected chi connectivity index (χ2v) is 3.60. The molecule has 1 aromatic heterocycles. The van der Waals surface area contributed by atoms with E-state index in [9.17, 15) is 14.4 Å². The lowest BCUT2D eigenvalue weighted by atomic mass is 10.1. The Bertz CT molecular complexity index is 582. The van der Waals surface area contributed by atoms with Crippen LogP contribution in [0.5, 0.6) is 0 Å². The zero-order valence-electron chi connectivity index (χ0n) is 8.80. The number of hydrogen-bond donors (Lipinski definition) is 6. The summed E-state index contributed by atoms with van der Waals surface area (Å²) in [6.45, 7) is 0. The van der Waals surface area contributed by atoms with Crippen molar-refractivity contribution in [2.24, 2.45) is 0 Å². The van der Waals surface area contributed by atoms with Crippen molar-refractivity contribution in [3.05, 3.63) is 10.4 Å². The summed E-state index contributed by atoms with van der Waals surface area (Å²) in [5, 5.41) is 22.5. The lowest BCUT2D eigenvalue weighted by Crippen LogP contribution is -2.53. The molecule has 18 heavy (non-hydrogen) atoms. The van der Waals surface area contributed by atoms with Crippen LogP contribution >= 0.6 is 0 Å². The zero-order valence-corrected chi connectivity index (χ0v) is 8.80. The molecule has 1 aliphatic rings. The van der Waals surface area contributed by atoms with Gasteiger partial charge in [0, 0.05) is 0 Å². The number of carbonyl (C=O) groups is 2. The van der Waals surface area contributed by atoms with Gasteiger partial charge in [-0.25, -0.2) is 9.59 Å².